The lowest BCUT2D eigenvalue weighted by atomic mass is 9.77. The van der Waals surface area contributed by atoms with Crippen LogP contribution >= 0.6 is 0 Å². The number of allylic oxidation sites excluding steroid dienone is 1. The Labute approximate surface area is 212 Å². The molecule has 0 saturated heterocycles. The van der Waals surface area contributed by atoms with Gasteiger partial charge in [-0.15, -0.1) is 0 Å². The van der Waals surface area contributed by atoms with Crippen molar-refractivity contribution in [3.8, 4) is 5.75 Å². The zero-order chi connectivity index (χ0) is 25.9. The fourth-order valence-corrected chi connectivity index (χ4v) is 4.88. The number of halogens is 2. The number of rotatable bonds is 5. The minimum atomic E-state index is -0.828. The lowest BCUT2D eigenvalue weighted by molar-refractivity contribution is -0.137. The van der Waals surface area contributed by atoms with Gasteiger partial charge < -0.3 is 9.84 Å². The lowest BCUT2D eigenvalue weighted by Crippen LogP contribution is -2.34. The van der Waals surface area contributed by atoms with Crippen LogP contribution in [0.4, 0.5) is 8.78 Å². The summed E-state index contributed by atoms with van der Waals surface area (Å²) in [7, 11) is 0. The highest BCUT2D eigenvalue weighted by atomic mass is 19.1. The third kappa shape index (κ3) is 5.14. The molecule has 3 aromatic carbocycles. The number of amides is 1. The summed E-state index contributed by atoms with van der Waals surface area (Å²) in [5.74, 6) is -2.46. The van der Waals surface area contributed by atoms with Crippen molar-refractivity contribution in [3.05, 3.63) is 107 Å². The second-order valence-electron chi connectivity index (χ2n) is 9.03. The predicted octanol–water partition coefficient (Wildman–Crippen LogP) is 5.65. The topological polar surface area (TPSA) is 79.2 Å². The molecule has 1 heterocycles. The molecule has 1 amide bonds. The summed E-state index contributed by atoms with van der Waals surface area (Å²) in [6.45, 7) is -0.578. The van der Waals surface area contributed by atoms with E-state index in [-0.39, 0.29) is 23.0 Å². The van der Waals surface area contributed by atoms with Crippen molar-refractivity contribution in [2.24, 2.45) is 11.0 Å². The molecule has 37 heavy (non-hydrogen) atoms. The van der Waals surface area contributed by atoms with E-state index >= 15 is 0 Å². The fourth-order valence-electron chi connectivity index (χ4n) is 4.88. The highest BCUT2D eigenvalue weighted by Crippen LogP contribution is 2.44. The van der Waals surface area contributed by atoms with Crippen LogP contribution in [0.2, 0.25) is 0 Å². The zero-order valence-corrected chi connectivity index (χ0v) is 19.8. The number of phenols is 1. The predicted molar refractivity (Wildman–Crippen MR) is 134 cm³/mol. The second-order valence-corrected chi connectivity index (χ2v) is 9.03. The van der Waals surface area contributed by atoms with E-state index in [0.29, 0.717) is 5.56 Å². The van der Waals surface area contributed by atoms with Crippen LogP contribution in [0.15, 0.2) is 83.5 Å². The lowest BCUT2D eigenvalue weighted by Gasteiger charge is -2.29. The van der Waals surface area contributed by atoms with Gasteiger partial charge in [-0.2, -0.15) is 5.10 Å². The number of phenolic OH excluding ortho intramolecular Hbond substituents is 1. The number of hydrazone groups is 1. The Balaban J connectivity index is 1.44. The van der Waals surface area contributed by atoms with Crippen LogP contribution in [0, 0.1) is 17.6 Å². The number of esters is 1. The van der Waals surface area contributed by atoms with Gasteiger partial charge in [0.15, 0.2) is 6.61 Å². The average molecular weight is 503 g/mol. The normalized spacial score (nSPS) is 19.9. The van der Waals surface area contributed by atoms with E-state index in [1.807, 2.05) is 6.08 Å². The Morgan fingerprint density at radius 2 is 1.68 bits per heavy atom. The van der Waals surface area contributed by atoms with Crippen molar-refractivity contribution < 1.29 is 28.2 Å². The average Bonchev–Trinajstić information content (AvgIpc) is 3.30. The Bertz CT molecular complexity index is 1380. The minimum absolute atomic E-state index is 0.0451. The smallest absolute Gasteiger partial charge is 0.342 e. The minimum Gasteiger partial charge on any atom is -0.507 e. The molecule has 5 rings (SSSR count). The maximum absolute atomic E-state index is 13.7. The molecule has 1 aliphatic carbocycles. The second kappa shape index (κ2) is 10.3. The van der Waals surface area contributed by atoms with Crippen LogP contribution in [0.1, 0.15) is 46.8 Å². The van der Waals surface area contributed by atoms with Gasteiger partial charge in [-0.25, -0.2) is 18.6 Å². The molecule has 3 aromatic rings. The molecule has 1 N–H and O–H groups in total. The zero-order valence-electron chi connectivity index (χ0n) is 19.8. The van der Waals surface area contributed by atoms with E-state index < -0.39 is 30.3 Å². The highest BCUT2D eigenvalue weighted by Gasteiger charge is 2.43. The van der Waals surface area contributed by atoms with E-state index in [9.17, 15) is 23.5 Å². The van der Waals surface area contributed by atoms with Crippen LogP contribution in [0.5, 0.6) is 5.75 Å². The molecule has 1 fully saturated rings. The first kappa shape index (κ1) is 24.4. The van der Waals surface area contributed by atoms with E-state index in [2.05, 4.69) is 5.10 Å². The first-order valence-corrected chi connectivity index (χ1v) is 12.0. The third-order valence-corrected chi connectivity index (χ3v) is 6.63. The van der Waals surface area contributed by atoms with E-state index in [1.54, 1.807) is 36.4 Å². The van der Waals surface area contributed by atoms with Crippen molar-refractivity contribution in [1.29, 1.82) is 0 Å². The number of fused-ring (bicyclic) bond motifs is 1. The first-order valence-electron chi connectivity index (χ1n) is 12.0. The largest absolute Gasteiger partial charge is 0.507 e. The SMILES string of the molecule is O=C(OCC(=O)N1N=C2/C(=C\c3ccc(F)cc3)CCC[C@@H]2[C@H]1c1ccc(F)cc1)c1ccccc1O. The molecule has 0 aromatic heterocycles. The van der Waals surface area contributed by atoms with Crippen molar-refractivity contribution >= 4 is 23.7 Å². The summed E-state index contributed by atoms with van der Waals surface area (Å²) in [5, 5.41) is 15.9. The van der Waals surface area contributed by atoms with Gasteiger partial charge in [0, 0.05) is 5.92 Å². The number of nitrogens with zero attached hydrogens (tertiary/aromatic N) is 2. The molecule has 1 saturated carbocycles. The van der Waals surface area contributed by atoms with Gasteiger partial charge in [0.1, 0.15) is 22.9 Å². The van der Waals surface area contributed by atoms with Crippen molar-refractivity contribution in [2.75, 3.05) is 6.61 Å². The molecule has 2 aliphatic rings. The van der Waals surface area contributed by atoms with Crippen LogP contribution in [-0.2, 0) is 9.53 Å². The molecule has 0 unspecified atom stereocenters. The Kier molecular flexibility index (Phi) is 6.81. The summed E-state index contributed by atoms with van der Waals surface area (Å²) in [4.78, 5) is 25.7. The number of benzene rings is 3. The van der Waals surface area contributed by atoms with Gasteiger partial charge in [-0.3, -0.25) is 4.79 Å². The summed E-state index contributed by atoms with van der Waals surface area (Å²) in [6, 6.07) is 17.5. The summed E-state index contributed by atoms with van der Waals surface area (Å²) in [6.07, 6.45) is 4.31. The Morgan fingerprint density at radius 3 is 2.38 bits per heavy atom. The van der Waals surface area contributed by atoms with Crippen LogP contribution in [0.25, 0.3) is 6.08 Å². The Morgan fingerprint density at radius 1 is 1.00 bits per heavy atom. The molecule has 1 aliphatic heterocycles. The highest BCUT2D eigenvalue weighted by molar-refractivity contribution is 6.08. The molecular formula is C29H24F2N2O4. The van der Waals surface area contributed by atoms with Crippen molar-refractivity contribution in [1.82, 2.24) is 5.01 Å². The van der Waals surface area contributed by atoms with Gasteiger partial charge >= 0.3 is 5.97 Å². The van der Waals surface area contributed by atoms with Crippen LogP contribution in [-0.4, -0.2) is 34.3 Å². The van der Waals surface area contributed by atoms with Crippen LogP contribution in [0.3, 0.4) is 0 Å². The molecule has 188 valence electrons. The van der Waals surface area contributed by atoms with Crippen LogP contribution < -0.4 is 0 Å². The van der Waals surface area contributed by atoms with Gasteiger partial charge in [0.05, 0.1) is 11.8 Å². The molecule has 0 radical (unpaired) electrons. The molecule has 2 atom stereocenters. The number of ether oxygens (including phenoxy) is 1. The summed E-state index contributed by atoms with van der Waals surface area (Å²) in [5.41, 5.74) is 3.17. The maximum atomic E-state index is 13.7. The monoisotopic (exact) mass is 502 g/mol. The standard InChI is InChI=1S/C29H24F2N2O4/c30-21-12-8-18(9-13-21)16-20-4-3-6-24-27(20)32-33(28(24)19-10-14-22(31)15-11-19)26(35)17-37-29(36)23-5-1-2-7-25(23)34/h1-2,5,7-16,24,28,34H,3-4,6,17H2/b20-16-/t24-,28+/m0/s1. The van der Waals surface area contributed by atoms with Crippen molar-refractivity contribution in [3.63, 3.8) is 0 Å². The first-order chi connectivity index (χ1) is 17.9. The molecule has 0 spiro atoms. The number of aromatic hydroxyl groups is 1. The quantitative estimate of drug-likeness (QED) is 0.458. The summed E-state index contributed by atoms with van der Waals surface area (Å²) < 4.78 is 32.3. The van der Waals surface area contributed by atoms with Gasteiger partial charge in [-0.05, 0) is 78.4 Å². The van der Waals surface area contributed by atoms with E-state index in [0.717, 1.165) is 36.1 Å². The number of carbonyl (C=O) groups excluding carboxylic acids is 2. The van der Waals surface area contributed by atoms with E-state index in [1.165, 1.54) is 41.4 Å². The van der Waals surface area contributed by atoms with Gasteiger partial charge in [0.25, 0.3) is 5.91 Å². The molecular weight excluding hydrogens is 478 g/mol. The fraction of sp³-hybridized carbons (Fsp3) is 0.207. The number of carbonyl (C=O) groups is 2. The molecule has 6 nitrogen and oxygen atoms in total. The molecule has 8 heteroatoms. The molecule has 0 bridgehead atoms. The van der Waals surface area contributed by atoms with E-state index in [4.69, 9.17) is 4.74 Å². The Hall–Kier alpha value is -4.33. The number of para-hydroxylation sites is 1. The number of hydrogen-bond donors (Lipinski definition) is 1. The number of hydrogen-bond acceptors (Lipinski definition) is 5. The maximum Gasteiger partial charge on any atom is 0.342 e. The van der Waals surface area contributed by atoms with Gasteiger partial charge in [-0.1, -0.05) is 36.4 Å². The van der Waals surface area contributed by atoms with Gasteiger partial charge in [0.2, 0.25) is 0 Å². The van der Waals surface area contributed by atoms with Crippen molar-refractivity contribution in [2.45, 2.75) is 25.3 Å². The summed E-state index contributed by atoms with van der Waals surface area (Å²) >= 11 is 0. The third-order valence-electron chi connectivity index (χ3n) is 6.63.